The maximum atomic E-state index is 13.0. The molecule has 180 valence electrons. The number of aldehydes is 1. The van der Waals surface area contributed by atoms with Crippen LogP contribution >= 0.6 is 0 Å². The van der Waals surface area contributed by atoms with Crippen LogP contribution in [0.5, 0.6) is 0 Å². The van der Waals surface area contributed by atoms with Crippen LogP contribution in [0.25, 0.3) is 0 Å². The van der Waals surface area contributed by atoms with Gasteiger partial charge < -0.3 is 14.0 Å². The number of hydrogen-bond acceptors (Lipinski definition) is 5. The van der Waals surface area contributed by atoms with Gasteiger partial charge in [0.25, 0.3) is 0 Å². The van der Waals surface area contributed by atoms with Crippen molar-refractivity contribution in [3.8, 4) is 0 Å². The zero-order valence-corrected chi connectivity index (χ0v) is 22.1. The van der Waals surface area contributed by atoms with E-state index in [1.54, 1.807) is 0 Å². The lowest BCUT2D eigenvalue weighted by atomic mass is 10.0. The molecule has 0 aromatic rings. The summed E-state index contributed by atoms with van der Waals surface area (Å²) in [5, 5.41) is 0.117. The van der Waals surface area contributed by atoms with Gasteiger partial charge in [-0.3, -0.25) is 9.69 Å². The highest BCUT2D eigenvalue weighted by molar-refractivity contribution is 6.74. The van der Waals surface area contributed by atoms with E-state index in [-0.39, 0.29) is 29.0 Å². The lowest BCUT2D eigenvalue weighted by Gasteiger charge is -2.39. The molecule has 6 nitrogen and oxygen atoms in total. The Hall–Kier alpha value is -1.21. The second-order valence-electron chi connectivity index (χ2n) is 11.3. The zero-order valence-electron chi connectivity index (χ0n) is 21.1. The van der Waals surface area contributed by atoms with Crippen LogP contribution < -0.4 is 0 Å². The largest absolute Gasteiger partial charge is 0.444 e. The third kappa shape index (κ3) is 9.44. The summed E-state index contributed by atoms with van der Waals surface area (Å²) in [4.78, 5) is 37.4. The molecule has 1 saturated heterocycles. The number of carbonyl (C=O) groups is 3. The van der Waals surface area contributed by atoms with Crippen LogP contribution in [-0.2, 0) is 18.8 Å². The van der Waals surface area contributed by atoms with Gasteiger partial charge in [0.1, 0.15) is 17.7 Å². The van der Waals surface area contributed by atoms with E-state index in [9.17, 15) is 14.4 Å². The minimum Gasteiger partial charge on any atom is -0.444 e. The van der Waals surface area contributed by atoms with Gasteiger partial charge in [0.2, 0.25) is 0 Å². The predicted octanol–water partition coefficient (Wildman–Crippen LogP) is 5.88. The number of ketones is 1. The molecule has 0 aromatic carbocycles. The Bertz CT molecular complexity index is 606. The number of Topliss-reactive ketones (excluding diaryl/α,β-unsaturated/α-hetero) is 1. The molecule has 0 unspecified atom stereocenters. The first-order valence-electron chi connectivity index (χ1n) is 11.8. The minimum absolute atomic E-state index is 0.0114. The second-order valence-corrected chi connectivity index (χ2v) is 16.1. The quantitative estimate of drug-likeness (QED) is 0.221. The van der Waals surface area contributed by atoms with Crippen molar-refractivity contribution in [1.82, 2.24) is 4.90 Å². The fourth-order valence-corrected chi connectivity index (χ4v) is 4.63. The van der Waals surface area contributed by atoms with E-state index in [4.69, 9.17) is 9.16 Å². The second kappa shape index (κ2) is 11.6. The van der Waals surface area contributed by atoms with E-state index < -0.39 is 13.9 Å². The molecule has 0 bridgehead atoms. The van der Waals surface area contributed by atoms with Crippen molar-refractivity contribution in [3.63, 3.8) is 0 Å². The maximum absolute atomic E-state index is 13.0. The van der Waals surface area contributed by atoms with Crippen molar-refractivity contribution >= 4 is 26.5 Å². The SMILES string of the molecule is CC(C)(C)OC(=O)N1[C@@H](CCCC(=O)CCCC=O)CC[C@H]1CO[Si](C)(C)C(C)(C)C. The third-order valence-corrected chi connectivity index (χ3v) is 10.9. The summed E-state index contributed by atoms with van der Waals surface area (Å²) in [6.45, 7) is 17.3. The maximum Gasteiger partial charge on any atom is 0.410 e. The molecular weight excluding hydrogens is 410 g/mol. The van der Waals surface area contributed by atoms with Crippen molar-refractivity contribution in [2.45, 2.75) is 129 Å². The van der Waals surface area contributed by atoms with E-state index in [0.717, 1.165) is 32.0 Å². The molecule has 0 aliphatic carbocycles. The number of likely N-dealkylation sites (tertiary alicyclic amines) is 1. The molecule has 1 heterocycles. The molecule has 7 heteroatoms. The molecule has 2 atom stereocenters. The molecule has 1 aliphatic rings. The molecule has 0 aromatic heterocycles. The van der Waals surface area contributed by atoms with E-state index >= 15 is 0 Å². The van der Waals surface area contributed by atoms with Crippen LogP contribution in [0.15, 0.2) is 0 Å². The fourth-order valence-electron chi connectivity index (χ4n) is 3.58. The van der Waals surface area contributed by atoms with Gasteiger partial charge in [0.15, 0.2) is 8.32 Å². The smallest absolute Gasteiger partial charge is 0.410 e. The highest BCUT2D eigenvalue weighted by Gasteiger charge is 2.42. The van der Waals surface area contributed by atoms with Crippen LogP contribution in [0.4, 0.5) is 4.79 Å². The van der Waals surface area contributed by atoms with Crippen LogP contribution in [0, 0.1) is 0 Å². The molecule has 1 fully saturated rings. The number of amides is 1. The standard InChI is InChI=1S/C24H45NO5Si/c1-23(2,3)30-22(28)25-19(12-11-14-21(27)13-9-10-17-26)15-16-20(25)18-29-31(7,8)24(4,5)6/h17,19-20H,9-16,18H2,1-8H3/t19-,20-/m0/s1. The van der Waals surface area contributed by atoms with Crippen LogP contribution in [0.1, 0.15) is 92.9 Å². The molecule has 0 radical (unpaired) electrons. The number of carbonyl (C=O) groups excluding carboxylic acids is 3. The summed E-state index contributed by atoms with van der Waals surface area (Å²) in [7, 11) is -1.91. The van der Waals surface area contributed by atoms with Gasteiger partial charge in [0.05, 0.1) is 12.6 Å². The van der Waals surface area contributed by atoms with Gasteiger partial charge >= 0.3 is 6.09 Å². The highest BCUT2D eigenvalue weighted by Crippen LogP contribution is 2.38. The first-order chi connectivity index (χ1) is 14.2. The number of ether oxygens (including phenoxy) is 1. The Kier molecular flexibility index (Phi) is 10.4. The molecular formula is C24H45NO5Si. The fraction of sp³-hybridized carbons (Fsp3) is 0.875. The summed E-state index contributed by atoms with van der Waals surface area (Å²) >= 11 is 0. The summed E-state index contributed by atoms with van der Waals surface area (Å²) in [6.07, 6.45) is 5.95. The monoisotopic (exact) mass is 455 g/mol. The summed E-state index contributed by atoms with van der Waals surface area (Å²) in [5.41, 5.74) is -0.552. The van der Waals surface area contributed by atoms with E-state index in [1.807, 2.05) is 25.7 Å². The molecule has 1 aliphatic heterocycles. The minimum atomic E-state index is -1.91. The van der Waals surface area contributed by atoms with Gasteiger partial charge in [-0.1, -0.05) is 20.8 Å². The van der Waals surface area contributed by atoms with Gasteiger partial charge in [-0.15, -0.1) is 0 Å². The van der Waals surface area contributed by atoms with Crippen molar-refractivity contribution in [1.29, 1.82) is 0 Å². The van der Waals surface area contributed by atoms with E-state index in [2.05, 4.69) is 33.9 Å². The average Bonchev–Trinajstić information content (AvgIpc) is 3.01. The van der Waals surface area contributed by atoms with Gasteiger partial charge in [0, 0.05) is 25.3 Å². The normalized spacial score (nSPS) is 20.1. The van der Waals surface area contributed by atoms with Crippen molar-refractivity contribution in [2.24, 2.45) is 0 Å². The first kappa shape index (κ1) is 27.8. The lowest BCUT2D eigenvalue weighted by molar-refractivity contribution is -0.119. The van der Waals surface area contributed by atoms with E-state index in [1.165, 1.54) is 0 Å². The molecule has 0 N–H and O–H groups in total. The summed E-state index contributed by atoms with van der Waals surface area (Å²) < 4.78 is 12.2. The number of nitrogens with zero attached hydrogens (tertiary/aromatic N) is 1. The predicted molar refractivity (Wildman–Crippen MR) is 127 cm³/mol. The summed E-state index contributed by atoms with van der Waals surface area (Å²) in [5.74, 6) is 0.196. The summed E-state index contributed by atoms with van der Waals surface area (Å²) in [6, 6.07) is 0.0860. The number of unbranched alkanes of at least 4 members (excludes halogenated alkanes) is 1. The highest BCUT2D eigenvalue weighted by atomic mass is 28.4. The molecule has 0 saturated carbocycles. The lowest BCUT2D eigenvalue weighted by Crippen LogP contribution is -2.49. The molecule has 1 rings (SSSR count). The Morgan fingerprint density at radius 3 is 2.13 bits per heavy atom. The van der Waals surface area contributed by atoms with Crippen molar-refractivity contribution in [3.05, 3.63) is 0 Å². The Labute approximate surface area is 190 Å². The van der Waals surface area contributed by atoms with Gasteiger partial charge in [-0.2, -0.15) is 0 Å². The van der Waals surface area contributed by atoms with Gasteiger partial charge in [-0.05, 0) is 71.0 Å². The zero-order chi connectivity index (χ0) is 23.9. The number of hydrogen-bond donors (Lipinski definition) is 0. The Balaban J connectivity index is 2.75. The van der Waals surface area contributed by atoms with Crippen molar-refractivity contribution < 1.29 is 23.5 Å². The van der Waals surface area contributed by atoms with Crippen LogP contribution in [-0.4, -0.2) is 55.7 Å². The molecule has 1 amide bonds. The van der Waals surface area contributed by atoms with Crippen molar-refractivity contribution in [2.75, 3.05) is 6.61 Å². The van der Waals surface area contributed by atoms with Gasteiger partial charge in [-0.25, -0.2) is 4.79 Å². The third-order valence-electron chi connectivity index (χ3n) is 6.44. The Morgan fingerprint density at radius 1 is 1.00 bits per heavy atom. The Morgan fingerprint density at radius 2 is 1.58 bits per heavy atom. The average molecular weight is 456 g/mol. The number of rotatable bonds is 11. The van der Waals surface area contributed by atoms with Crippen LogP contribution in [0.2, 0.25) is 18.1 Å². The topological polar surface area (TPSA) is 72.9 Å². The molecule has 31 heavy (non-hydrogen) atoms. The van der Waals surface area contributed by atoms with E-state index in [0.29, 0.717) is 32.3 Å². The molecule has 0 spiro atoms. The van der Waals surface area contributed by atoms with Crippen LogP contribution in [0.3, 0.4) is 0 Å². The first-order valence-corrected chi connectivity index (χ1v) is 14.7.